The van der Waals surface area contributed by atoms with Crippen LogP contribution in [0.3, 0.4) is 0 Å². The van der Waals surface area contributed by atoms with E-state index >= 15 is 0 Å². The fourth-order valence-electron chi connectivity index (χ4n) is 2.25. The molecule has 0 fully saturated rings. The Bertz CT molecular complexity index is 515. The van der Waals surface area contributed by atoms with Crippen molar-refractivity contribution in [2.45, 2.75) is 53.0 Å². The molecule has 0 aliphatic heterocycles. The number of hydrogen-bond donors (Lipinski definition) is 2. The zero-order valence-corrected chi connectivity index (χ0v) is 14.5. The third kappa shape index (κ3) is 8.24. The minimum Gasteiger partial charge on any atom is -0.482 e. The fraction of sp³-hybridized carbons (Fsp3) is 0.556. The highest BCUT2D eigenvalue weighted by Crippen LogP contribution is 2.23. The largest absolute Gasteiger partial charge is 0.482 e. The van der Waals surface area contributed by atoms with Crippen LogP contribution < -0.4 is 15.4 Å². The molecule has 2 N–H and O–H groups in total. The van der Waals surface area contributed by atoms with Crippen molar-refractivity contribution in [1.82, 2.24) is 5.32 Å². The average molecular weight is 320 g/mol. The molecule has 0 unspecified atom stereocenters. The van der Waals surface area contributed by atoms with Gasteiger partial charge < -0.3 is 15.4 Å². The summed E-state index contributed by atoms with van der Waals surface area (Å²) in [6.45, 7) is 7.77. The normalized spacial score (nSPS) is 11.9. The first-order valence-electron chi connectivity index (χ1n) is 8.17. The molecule has 0 saturated carbocycles. The summed E-state index contributed by atoms with van der Waals surface area (Å²) >= 11 is 0. The number of amides is 2. The second-order valence-corrected chi connectivity index (χ2v) is 6.26. The van der Waals surface area contributed by atoms with Gasteiger partial charge in [-0.3, -0.25) is 9.59 Å². The standard InChI is InChI=1S/C18H28N2O3/c1-13(2)8-7-9-14(3)19-18(22)12-23-17-11-6-5-10-16(17)20-15(4)21/h5-6,10-11,13-14H,7-9,12H2,1-4H3,(H,19,22)(H,20,21)/t14-/m0/s1. The first kappa shape index (κ1) is 19.0. The third-order valence-electron chi connectivity index (χ3n) is 3.38. The minimum absolute atomic E-state index is 0.0644. The molecule has 1 aromatic carbocycles. The lowest BCUT2D eigenvalue weighted by Crippen LogP contribution is -2.36. The summed E-state index contributed by atoms with van der Waals surface area (Å²) in [5.41, 5.74) is 0.567. The molecule has 0 aliphatic rings. The first-order valence-corrected chi connectivity index (χ1v) is 8.17. The number of nitrogens with one attached hydrogen (secondary N) is 2. The summed E-state index contributed by atoms with van der Waals surface area (Å²) in [4.78, 5) is 23.1. The molecule has 0 heterocycles. The molecule has 128 valence electrons. The van der Waals surface area contributed by atoms with Crippen molar-refractivity contribution in [2.24, 2.45) is 5.92 Å². The molecular weight excluding hydrogens is 292 g/mol. The Kier molecular flexibility index (Phi) is 8.16. The highest BCUT2D eigenvalue weighted by Gasteiger charge is 2.10. The molecule has 1 rings (SSSR count). The van der Waals surface area contributed by atoms with E-state index in [9.17, 15) is 9.59 Å². The summed E-state index contributed by atoms with van der Waals surface area (Å²) in [6, 6.07) is 7.20. The van der Waals surface area contributed by atoms with E-state index in [1.54, 1.807) is 24.3 Å². The van der Waals surface area contributed by atoms with Gasteiger partial charge in [-0.2, -0.15) is 0 Å². The molecule has 5 nitrogen and oxygen atoms in total. The predicted octanol–water partition coefficient (Wildman–Crippen LogP) is 3.35. The highest BCUT2D eigenvalue weighted by molar-refractivity contribution is 5.90. The van der Waals surface area contributed by atoms with E-state index in [-0.39, 0.29) is 24.5 Å². The van der Waals surface area contributed by atoms with Crippen LogP contribution in [0.5, 0.6) is 5.75 Å². The zero-order valence-electron chi connectivity index (χ0n) is 14.5. The van der Waals surface area contributed by atoms with Gasteiger partial charge in [-0.05, 0) is 31.4 Å². The number of anilines is 1. The molecule has 0 saturated heterocycles. The number of benzene rings is 1. The summed E-state index contributed by atoms with van der Waals surface area (Å²) in [5, 5.41) is 5.61. The van der Waals surface area contributed by atoms with Gasteiger partial charge >= 0.3 is 0 Å². The smallest absolute Gasteiger partial charge is 0.258 e. The van der Waals surface area contributed by atoms with Gasteiger partial charge in [0.05, 0.1) is 5.69 Å². The maximum absolute atomic E-state index is 11.9. The molecule has 0 spiro atoms. The maximum atomic E-state index is 11.9. The van der Waals surface area contributed by atoms with Crippen molar-refractivity contribution in [2.75, 3.05) is 11.9 Å². The van der Waals surface area contributed by atoms with Gasteiger partial charge in [0.15, 0.2) is 6.61 Å². The zero-order chi connectivity index (χ0) is 17.2. The first-order chi connectivity index (χ1) is 10.9. The van der Waals surface area contributed by atoms with E-state index in [1.165, 1.54) is 13.3 Å². The molecule has 1 atom stereocenters. The second-order valence-electron chi connectivity index (χ2n) is 6.26. The van der Waals surface area contributed by atoms with Crippen LogP contribution in [-0.2, 0) is 9.59 Å². The highest BCUT2D eigenvalue weighted by atomic mass is 16.5. The van der Waals surface area contributed by atoms with Gasteiger partial charge in [0, 0.05) is 13.0 Å². The Balaban J connectivity index is 2.40. The number of hydrogen-bond acceptors (Lipinski definition) is 3. The van der Waals surface area contributed by atoms with Crippen molar-refractivity contribution in [3.05, 3.63) is 24.3 Å². The van der Waals surface area contributed by atoms with E-state index in [1.807, 2.05) is 6.92 Å². The van der Waals surface area contributed by atoms with Crippen LogP contribution in [0.4, 0.5) is 5.69 Å². The topological polar surface area (TPSA) is 67.4 Å². The Labute approximate surface area is 138 Å². The van der Waals surface area contributed by atoms with Crippen molar-refractivity contribution in [1.29, 1.82) is 0 Å². The lowest BCUT2D eigenvalue weighted by molar-refractivity contribution is -0.123. The number of rotatable bonds is 9. The van der Waals surface area contributed by atoms with Crippen LogP contribution in [0.15, 0.2) is 24.3 Å². The molecule has 0 bridgehead atoms. The number of ether oxygens (including phenoxy) is 1. The van der Waals surface area contributed by atoms with Crippen molar-refractivity contribution in [3.63, 3.8) is 0 Å². The third-order valence-corrected chi connectivity index (χ3v) is 3.38. The van der Waals surface area contributed by atoms with Gasteiger partial charge in [0.2, 0.25) is 5.91 Å². The molecule has 23 heavy (non-hydrogen) atoms. The fourth-order valence-corrected chi connectivity index (χ4v) is 2.25. The Hall–Kier alpha value is -2.04. The number of carbonyl (C=O) groups is 2. The SMILES string of the molecule is CC(=O)Nc1ccccc1OCC(=O)N[C@@H](C)CCCC(C)C. The van der Waals surface area contributed by atoms with Crippen molar-refractivity contribution in [3.8, 4) is 5.75 Å². The van der Waals surface area contributed by atoms with Gasteiger partial charge in [-0.1, -0.05) is 38.8 Å². The Morgan fingerprint density at radius 1 is 1.13 bits per heavy atom. The summed E-state index contributed by atoms with van der Waals surface area (Å²) in [5.74, 6) is 0.848. The molecule has 0 aromatic heterocycles. The predicted molar refractivity (Wildman–Crippen MR) is 92.5 cm³/mol. The lowest BCUT2D eigenvalue weighted by atomic mass is 10.0. The molecular formula is C18H28N2O3. The van der Waals surface area contributed by atoms with Crippen LogP contribution in [0, 0.1) is 5.92 Å². The van der Waals surface area contributed by atoms with Gasteiger partial charge in [0.25, 0.3) is 5.91 Å². The van der Waals surface area contributed by atoms with Crippen molar-refractivity contribution < 1.29 is 14.3 Å². The minimum atomic E-state index is -0.177. The van der Waals surface area contributed by atoms with Crippen LogP contribution in [0.1, 0.15) is 47.0 Å². The average Bonchev–Trinajstić information content (AvgIpc) is 2.45. The Morgan fingerprint density at radius 2 is 1.83 bits per heavy atom. The van der Waals surface area contributed by atoms with Gasteiger partial charge in [0.1, 0.15) is 5.75 Å². The molecule has 0 radical (unpaired) electrons. The second kappa shape index (κ2) is 9.87. The quantitative estimate of drug-likeness (QED) is 0.733. The molecule has 0 aliphatic carbocycles. The molecule has 2 amide bonds. The monoisotopic (exact) mass is 320 g/mol. The number of carbonyl (C=O) groups excluding carboxylic acids is 2. The van der Waals surface area contributed by atoms with Crippen LogP contribution in [0.25, 0.3) is 0 Å². The van der Waals surface area contributed by atoms with E-state index < -0.39 is 0 Å². The van der Waals surface area contributed by atoms with E-state index in [0.717, 1.165) is 12.8 Å². The maximum Gasteiger partial charge on any atom is 0.258 e. The summed E-state index contributed by atoms with van der Waals surface area (Å²) in [7, 11) is 0. The van der Waals surface area contributed by atoms with Gasteiger partial charge in [-0.15, -0.1) is 0 Å². The van der Waals surface area contributed by atoms with Crippen LogP contribution >= 0.6 is 0 Å². The van der Waals surface area contributed by atoms with Crippen molar-refractivity contribution >= 4 is 17.5 Å². The van der Waals surface area contributed by atoms with Crippen LogP contribution in [0.2, 0.25) is 0 Å². The van der Waals surface area contributed by atoms with Gasteiger partial charge in [-0.25, -0.2) is 0 Å². The van der Waals surface area contributed by atoms with Crippen LogP contribution in [-0.4, -0.2) is 24.5 Å². The van der Waals surface area contributed by atoms with E-state index in [2.05, 4.69) is 24.5 Å². The lowest BCUT2D eigenvalue weighted by Gasteiger charge is -2.16. The summed E-state index contributed by atoms with van der Waals surface area (Å²) in [6.07, 6.45) is 3.23. The molecule has 5 heteroatoms. The van der Waals surface area contributed by atoms with E-state index in [4.69, 9.17) is 4.74 Å². The summed E-state index contributed by atoms with van der Waals surface area (Å²) < 4.78 is 5.52. The molecule has 1 aromatic rings. The number of para-hydroxylation sites is 2. The van der Waals surface area contributed by atoms with E-state index in [0.29, 0.717) is 17.4 Å². The Morgan fingerprint density at radius 3 is 2.48 bits per heavy atom.